The Morgan fingerprint density at radius 1 is 1.24 bits per heavy atom. The van der Waals surface area contributed by atoms with Crippen LogP contribution in [-0.4, -0.2) is 102 Å². The second-order valence-electron chi connectivity index (χ2n) is 8.92. The van der Waals surface area contributed by atoms with Gasteiger partial charge >= 0.3 is 0 Å². The average Bonchev–Trinajstić information content (AvgIpc) is 3.30. The van der Waals surface area contributed by atoms with Crippen molar-refractivity contribution in [1.82, 2.24) is 15.1 Å². The van der Waals surface area contributed by atoms with E-state index in [0.717, 1.165) is 12.8 Å². The second-order valence-corrected chi connectivity index (χ2v) is 9.98. The molecule has 1 saturated heterocycles. The molecule has 0 aromatic rings. The third-order valence-corrected chi connectivity index (χ3v) is 7.31. The topological polar surface area (TPSA) is 155 Å². The lowest BCUT2D eigenvalue weighted by molar-refractivity contribution is -0.145. The number of nitrogens with zero attached hydrogens (tertiary/aromatic N) is 2. The summed E-state index contributed by atoms with van der Waals surface area (Å²) in [6, 6.07) is -0.614. The van der Waals surface area contributed by atoms with Crippen LogP contribution in [0.3, 0.4) is 0 Å². The Bertz CT molecular complexity index is 669. The number of hydrogen-bond acceptors (Lipinski definition) is 8. The number of likely N-dealkylation sites (N-methyl/N-ethyl adjacent to an activating group) is 1. The molecule has 0 radical (unpaired) electrons. The van der Waals surface area contributed by atoms with Gasteiger partial charge in [0.25, 0.3) is 0 Å². The van der Waals surface area contributed by atoms with Gasteiger partial charge in [0.2, 0.25) is 17.7 Å². The van der Waals surface area contributed by atoms with Crippen molar-refractivity contribution in [3.63, 3.8) is 0 Å². The molecular weight excluding hydrogens is 463 g/mol. The van der Waals surface area contributed by atoms with Gasteiger partial charge in [-0.2, -0.15) is 0 Å². The van der Waals surface area contributed by atoms with Crippen molar-refractivity contribution in [3.05, 3.63) is 0 Å². The minimum Gasteiger partial charge on any atom is -0.379 e. The van der Waals surface area contributed by atoms with Crippen molar-refractivity contribution >= 4 is 26.1 Å². The third-order valence-electron chi connectivity index (χ3n) is 6.87. The summed E-state index contributed by atoms with van der Waals surface area (Å²) in [5, 5.41) is 2.51. The quantitative estimate of drug-likeness (QED) is 0.244. The minimum atomic E-state index is -2.23. The molecule has 1 aliphatic rings. The monoisotopic (exact) mass is 506 g/mol. The van der Waals surface area contributed by atoms with E-state index in [4.69, 9.17) is 25.0 Å². The van der Waals surface area contributed by atoms with E-state index in [-0.39, 0.29) is 55.0 Å². The average molecular weight is 507 g/mol. The Balaban J connectivity index is 3.02. The van der Waals surface area contributed by atoms with Gasteiger partial charge in [-0.3, -0.25) is 14.4 Å². The number of carbonyl (C=O) groups excluding carboxylic acids is 3. The summed E-state index contributed by atoms with van der Waals surface area (Å²) >= 11 is 0. The number of nitrogens with two attached hydrogens (primary N) is 1. The van der Waals surface area contributed by atoms with E-state index in [1.54, 1.807) is 23.8 Å². The van der Waals surface area contributed by atoms with Gasteiger partial charge in [0.05, 0.1) is 49.5 Å². The van der Waals surface area contributed by atoms with Crippen molar-refractivity contribution in [2.45, 2.75) is 70.7 Å². The first kappa shape index (κ1) is 30.7. The Hall–Kier alpha value is -1.36. The van der Waals surface area contributed by atoms with E-state index in [1.807, 2.05) is 13.8 Å². The SMILES string of the molecule is CCC(C)C(C(CC(=O)N1CCCC1C(OC)C(C)C(=O)NCP(O)O)OC)N(C)C(=O)CN. The van der Waals surface area contributed by atoms with Crippen molar-refractivity contribution in [1.29, 1.82) is 0 Å². The molecule has 5 N–H and O–H groups in total. The van der Waals surface area contributed by atoms with Gasteiger partial charge in [-0.05, 0) is 18.8 Å². The van der Waals surface area contributed by atoms with Crippen LogP contribution in [0.2, 0.25) is 0 Å². The Kier molecular flexibility index (Phi) is 13.4. The highest BCUT2D eigenvalue weighted by molar-refractivity contribution is 7.45. The minimum absolute atomic E-state index is 0.0839. The molecule has 0 spiro atoms. The van der Waals surface area contributed by atoms with Crippen LogP contribution < -0.4 is 11.1 Å². The number of amides is 3. The van der Waals surface area contributed by atoms with Crippen LogP contribution in [-0.2, 0) is 23.9 Å². The van der Waals surface area contributed by atoms with Crippen LogP contribution >= 0.6 is 8.38 Å². The molecule has 1 heterocycles. The summed E-state index contributed by atoms with van der Waals surface area (Å²) in [7, 11) is 2.50. The molecule has 34 heavy (non-hydrogen) atoms. The predicted molar refractivity (Wildman–Crippen MR) is 130 cm³/mol. The van der Waals surface area contributed by atoms with Crippen LogP contribution in [0.4, 0.5) is 0 Å². The normalized spacial score (nSPS) is 20.5. The van der Waals surface area contributed by atoms with E-state index < -0.39 is 26.5 Å². The zero-order valence-corrected chi connectivity index (χ0v) is 22.2. The number of methoxy groups -OCH3 is 2. The lowest BCUT2D eigenvalue weighted by Crippen LogP contribution is -2.53. The Labute approximate surface area is 204 Å². The number of rotatable bonds is 14. The fraction of sp³-hybridized carbons (Fsp3) is 0.864. The highest BCUT2D eigenvalue weighted by atomic mass is 31.2. The fourth-order valence-corrected chi connectivity index (χ4v) is 5.08. The summed E-state index contributed by atoms with van der Waals surface area (Å²) in [5.41, 5.74) is 5.57. The molecule has 6 atom stereocenters. The predicted octanol–water partition coefficient (Wildman–Crippen LogP) is 0.236. The highest BCUT2D eigenvalue weighted by Crippen LogP contribution is 2.29. The van der Waals surface area contributed by atoms with Crippen LogP contribution in [0, 0.1) is 11.8 Å². The van der Waals surface area contributed by atoms with Gasteiger partial charge in [0, 0.05) is 27.8 Å². The Morgan fingerprint density at radius 2 is 1.88 bits per heavy atom. The zero-order chi connectivity index (χ0) is 26.0. The van der Waals surface area contributed by atoms with Crippen molar-refractivity contribution in [2.24, 2.45) is 17.6 Å². The van der Waals surface area contributed by atoms with Crippen molar-refractivity contribution in [3.8, 4) is 0 Å². The van der Waals surface area contributed by atoms with Crippen LogP contribution in [0.25, 0.3) is 0 Å². The first-order valence-corrected chi connectivity index (χ1v) is 13.2. The number of ether oxygens (including phenoxy) is 2. The van der Waals surface area contributed by atoms with Crippen LogP contribution in [0.1, 0.15) is 46.5 Å². The van der Waals surface area contributed by atoms with Gasteiger partial charge in [0.15, 0.2) is 8.38 Å². The highest BCUT2D eigenvalue weighted by Gasteiger charge is 2.41. The van der Waals surface area contributed by atoms with Crippen molar-refractivity contribution < 1.29 is 33.6 Å². The molecule has 3 amide bonds. The molecule has 1 aliphatic heterocycles. The zero-order valence-electron chi connectivity index (χ0n) is 21.3. The van der Waals surface area contributed by atoms with Crippen LogP contribution in [0.5, 0.6) is 0 Å². The maximum absolute atomic E-state index is 13.4. The molecule has 1 rings (SSSR count). The Morgan fingerprint density at radius 3 is 2.38 bits per heavy atom. The molecule has 0 saturated carbocycles. The third kappa shape index (κ3) is 8.10. The van der Waals surface area contributed by atoms with Gasteiger partial charge < -0.3 is 40.1 Å². The molecule has 1 fully saturated rings. The van der Waals surface area contributed by atoms with E-state index >= 15 is 0 Å². The maximum atomic E-state index is 13.4. The molecule has 198 valence electrons. The van der Waals surface area contributed by atoms with Gasteiger partial charge in [-0.15, -0.1) is 0 Å². The molecule has 0 aliphatic carbocycles. The number of likely N-dealkylation sites (tertiary alicyclic amines) is 1. The molecule has 0 aromatic heterocycles. The second kappa shape index (κ2) is 14.9. The molecule has 0 bridgehead atoms. The first-order chi connectivity index (χ1) is 16.0. The van der Waals surface area contributed by atoms with Gasteiger partial charge in [0.1, 0.15) is 0 Å². The van der Waals surface area contributed by atoms with E-state index in [2.05, 4.69) is 5.32 Å². The summed E-state index contributed by atoms with van der Waals surface area (Å²) in [6.07, 6.45) is 1.07. The molecule has 11 nitrogen and oxygen atoms in total. The van der Waals surface area contributed by atoms with E-state index in [0.29, 0.717) is 13.0 Å². The first-order valence-electron chi connectivity index (χ1n) is 11.8. The van der Waals surface area contributed by atoms with Crippen molar-refractivity contribution in [2.75, 3.05) is 40.6 Å². The largest absolute Gasteiger partial charge is 0.379 e. The lowest BCUT2D eigenvalue weighted by Gasteiger charge is -2.39. The van der Waals surface area contributed by atoms with Gasteiger partial charge in [-0.1, -0.05) is 27.2 Å². The van der Waals surface area contributed by atoms with Crippen LogP contribution in [0.15, 0.2) is 0 Å². The summed E-state index contributed by atoms with van der Waals surface area (Å²) in [6.45, 7) is 6.16. The molecule has 12 heteroatoms. The summed E-state index contributed by atoms with van der Waals surface area (Å²) in [5.74, 6) is -1.22. The molecular formula is C22H43N4O7P. The van der Waals surface area contributed by atoms with E-state index in [9.17, 15) is 14.4 Å². The summed E-state index contributed by atoms with van der Waals surface area (Å²) in [4.78, 5) is 59.7. The lowest BCUT2D eigenvalue weighted by atomic mass is 9.90. The number of carbonyl (C=O) groups is 3. The summed E-state index contributed by atoms with van der Waals surface area (Å²) < 4.78 is 11.4. The van der Waals surface area contributed by atoms with E-state index in [1.165, 1.54) is 14.2 Å². The molecule has 0 aromatic carbocycles. The smallest absolute Gasteiger partial charge is 0.236 e. The number of hydrogen-bond donors (Lipinski definition) is 4. The standard InChI is InChI=1S/C22H43N4O7P/c1-7-14(2)20(25(4)19(28)12-23)17(32-5)11-18(27)26-10-8-9-16(26)21(33-6)15(3)22(29)24-13-34(30)31/h14-17,20-21,30-31H,7-13,23H2,1-6H3,(H,24,29). The van der Waals surface area contributed by atoms with Gasteiger partial charge in [-0.25, -0.2) is 0 Å². The maximum Gasteiger partial charge on any atom is 0.236 e. The number of nitrogens with one attached hydrogen (secondary N) is 1. The fourth-order valence-electron chi connectivity index (χ4n) is 4.78. The molecule has 6 unspecified atom stereocenters.